The highest BCUT2D eigenvalue weighted by Gasteiger charge is 2.42. The number of anilines is 2. The number of ether oxygens (including phenoxy) is 3. The van der Waals surface area contributed by atoms with E-state index in [2.05, 4.69) is 30.0 Å². The first-order chi connectivity index (χ1) is 16.1. The average Bonchev–Trinajstić information content (AvgIpc) is 2.78. The van der Waals surface area contributed by atoms with E-state index in [1.165, 1.54) is 26.4 Å². The van der Waals surface area contributed by atoms with Gasteiger partial charge in [-0.25, -0.2) is 24.1 Å². The lowest BCUT2D eigenvalue weighted by Crippen LogP contribution is -2.28. The second-order valence-electron chi connectivity index (χ2n) is 6.86. The van der Waals surface area contributed by atoms with E-state index in [-0.39, 0.29) is 22.8 Å². The molecule has 4 aromatic rings. The molecule has 2 heterocycles. The number of hydrogen-bond acceptors (Lipinski definition) is 9. The lowest BCUT2D eigenvalue weighted by Gasteiger charge is -2.13. The first kappa shape index (κ1) is 22.9. The van der Waals surface area contributed by atoms with E-state index in [1.807, 2.05) is 0 Å². The zero-order chi connectivity index (χ0) is 24.6. The fourth-order valence-electron chi connectivity index (χ4n) is 3.13. The zero-order valence-corrected chi connectivity index (χ0v) is 17.8. The molecular weight excluding hydrogens is 462 g/mol. The van der Waals surface area contributed by atoms with Crippen molar-refractivity contribution in [2.75, 3.05) is 19.5 Å². The number of benzene rings is 2. The Kier molecular flexibility index (Phi) is 5.77. The number of esters is 1. The van der Waals surface area contributed by atoms with Crippen LogP contribution in [0.4, 0.5) is 29.5 Å². The van der Waals surface area contributed by atoms with Crippen molar-refractivity contribution in [2.45, 2.75) is 13.1 Å². The molecule has 34 heavy (non-hydrogen) atoms. The maximum absolute atomic E-state index is 14.3. The minimum atomic E-state index is -5.28. The number of aromatic nitrogens is 4. The molecule has 0 aliphatic heterocycles. The number of nitrogens with zero attached hydrogens (tertiary/aromatic N) is 4. The number of methoxy groups -OCH3 is 2. The molecule has 1 N–H and O–H groups in total. The summed E-state index contributed by atoms with van der Waals surface area (Å²) in [6.45, 7) is 1.69. The van der Waals surface area contributed by atoms with Gasteiger partial charge in [0, 0.05) is 11.5 Å². The van der Waals surface area contributed by atoms with Crippen LogP contribution in [-0.4, -0.2) is 46.3 Å². The number of rotatable bonds is 5. The van der Waals surface area contributed by atoms with E-state index in [0.29, 0.717) is 28.1 Å². The van der Waals surface area contributed by atoms with Gasteiger partial charge in [0.05, 0.1) is 30.8 Å². The van der Waals surface area contributed by atoms with Gasteiger partial charge < -0.3 is 14.2 Å². The summed E-state index contributed by atoms with van der Waals surface area (Å²) in [7, 11) is 2.94. The summed E-state index contributed by atoms with van der Waals surface area (Å²) in [5, 5.41) is 3.04. The Morgan fingerprint density at radius 2 is 1.62 bits per heavy atom. The van der Waals surface area contributed by atoms with Crippen LogP contribution in [-0.2, 0) is 4.79 Å². The Bertz CT molecular complexity index is 1430. The van der Waals surface area contributed by atoms with Gasteiger partial charge in [-0.3, -0.25) is 5.32 Å². The molecule has 2 aromatic carbocycles. The van der Waals surface area contributed by atoms with Crippen LogP contribution >= 0.6 is 0 Å². The molecule has 0 saturated carbocycles. The predicted molar refractivity (Wildman–Crippen MR) is 112 cm³/mol. The van der Waals surface area contributed by atoms with E-state index in [4.69, 9.17) is 9.47 Å². The van der Waals surface area contributed by atoms with E-state index in [0.717, 1.165) is 6.07 Å². The molecule has 4 rings (SSSR count). The Morgan fingerprint density at radius 3 is 2.29 bits per heavy atom. The topological polar surface area (TPSA) is 108 Å². The smallest absolute Gasteiger partial charge is 0.491 e. The van der Waals surface area contributed by atoms with Crippen LogP contribution in [0.2, 0.25) is 0 Å². The number of halogens is 4. The van der Waals surface area contributed by atoms with Crippen LogP contribution in [0.25, 0.3) is 21.8 Å². The van der Waals surface area contributed by atoms with Gasteiger partial charge in [-0.1, -0.05) is 6.07 Å². The van der Waals surface area contributed by atoms with Crippen molar-refractivity contribution < 1.29 is 36.6 Å². The van der Waals surface area contributed by atoms with E-state index < -0.39 is 23.8 Å². The van der Waals surface area contributed by atoms with Crippen molar-refractivity contribution in [1.29, 1.82) is 0 Å². The van der Waals surface area contributed by atoms with Crippen LogP contribution in [0.3, 0.4) is 0 Å². The van der Waals surface area contributed by atoms with Gasteiger partial charge >= 0.3 is 12.1 Å². The summed E-state index contributed by atoms with van der Waals surface area (Å²) in [4.78, 5) is 27.8. The fourth-order valence-corrected chi connectivity index (χ4v) is 3.13. The molecule has 0 unspecified atom stereocenters. The van der Waals surface area contributed by atoms with Crippen LogP contribution < -0.4 is 19.5 Å². The second kappa shape index (κ2) is 8.57. The Labute approximate surface area is 188 Å². The molecule has 9 nitrogen and oxygen atoms in total. The first-order valence-corrected chi connectivity index (χ1v) is 9.53. The molecular formula is C21H15F4N5O4. The molecule has 0 aliphatic carbocycles. The standard InChI is InChI=1S/C21H15F4N5O4/c1-9-11-7-14(32-2)15(33-3)8-13(11)27-19(26-9)30-20-28-16-10(5-4-6-12(16)22)17(29-20)34-18(31)21(23,24)25/h4-8H,1-3H3,(H,26,27,28,29,30). The molecule has 0 saturated heterocycles. The van der Waals surface area contributed by atoms with Crippen molar-refractivity contribution in [3.63, 3.8) is 0 Å². The van der Waals surface area contributed by atoms with Crippen molar-refractivity contribution in [1.82, 2.24) is 19.9 Å². The van der Waals surface area contributed by atoms with Crippen LogP contribution in [0.1, 0.15) is 5.69 Å². The monoisotopic (exact) mass is 477 g/mol. The maximum atomic E-state index is 14.3. The number of fused-ring (bicyclic) bond motifs is 2. The number of hydrogen-bond donors (Lipinski definition) is 1. The van der Waals surface area contributed by atoms with Crippen LogP contribution in [0.5, 0.6) is 17.4 Å². The van der Waals surface area contributed by atoms with Crippen molar-refractivity contribution in [3.8, 4) is 17.4 Å². The summed E-state index contributed by atoms with van der Waals surface area (Å²) in [6.07, 6.45) is -5.28. The quantitative estimate of drug-likeness (QED) is 0.333. The second-order valence-corrected chi connectivity index (χ2v) is 6.86. The van der Waals surface area contributed by atoms with Gasteiger partial charge in [0.15, 0.2) is 11.5 Å². The van der Waals surface area contributed by atoms with Crippen LogP contribution in [0.15, 0.2) is 30.3 Å². The third kappa shape index (κ3) is 4.31. The van der Waals surface area contributed by atoms with E-state index >= 15 is 0 Å². The SMILES string of the molecule is COc1cc2nc(Nc3nc(OC(=O)C(F)(F)F)c4cccc(F)c4n3)nc(C)c2cc1OC. The zero-order valence-electron chi connectivity index (χ0n) is 17.8. The third-order valence-electron chi connectivity index (χ3n) is 4.68. The fraction of sp³-hybridized carbons (Fsp3) is 0.190. The van der Waals surface area contributed by atoms with Gasteiger partial charge in [-0.05, 0) is 25.1 Å². The van der Waals surface area contributed by atoms with E-state index in [1.54, 1.807) is 19.1 Å². The molecule has 0 fully saturated rings. The minimum Gasteiger partial charge on any atom is -0.493 e. The highest BCUT2D eigenvalue weighted by molar-refractivity contribution is 5.89. The third-order valence-corrected chi connectivity index (χ3v) is 4.68. The van der Waals surface area contributed by atoms with Crippen molar-refractivity contribution >= 4 is 39.7 Å². The highest BCUT2D eigenvalue weighted by Crippen LogP contribution is 2.33. The molecule has 0 bridgehead atoms. The van der Waals surface area contributed by atoms with Gasteiger partial charge in [0.2, 0.25) is 17.8 Å². The largest absolute Gasteiger partial charge is 0.493 e. The number of nitrogens with one attached hydrogen (secondary N) is 1. The van der Waals surface area contributed by atoms with Crippen LogP contribution in [0, 0.1) is 12.7 Å². The molecule has 0 atom stereocenters. The number of carbonyl (C=O) groups is 1. The van der Waals surface area contributed by atoms with Gasteiger partial charge in [-0.15, -0.1) is 0 Å². The maximum Gasteiger partial charge on any atom is 0.491 e. The number of aryl methyl sites for hydroxylation is 1. The Morgan fingerprint density at radius 1 is 0.941 bits per heavy atom. The summed E-state index contributed by atoms with van der Waals surface area (Å²) in [5.41, 5.74) is 0.598. The number of alkyl halides is 3. The lowest BCUT2D eigenvalue weighted by molar-refractivity contribution is -0.189. The Hall–Kier alpha value is -4.29. The number of para-hydroxylation sites is 1. The summed E-state index contributed by atoms with van der Waals surface area (Å²) in [5.74, 6) is -3.71. The average molecular weight is 477 g/mol. The van der Waals surface area contributed by atoms with E-state index in [9.17, 15) is 22.4 Å². The molecule has 0 aliphatic rings. The molecule has 2 aromatic heterocycles. The minimum absolute atomic E-state index is 0.0407. The first-order valence-electron chi connectivity index (χ1n) is 9.53. The Balaban J connectivity index is 1.80. The predicted octanol–water partition coefficient (Wildman–Crippen LogP) is 4.25. The highest BCUT2D eigenvalue weighted by atomic mass is 19.4. The van der Waals surface area contributed by atoms with Gasteiger partial charge in [-0.2, -0.15) is 18.2 Å². The molecule has 13 heteroatoms. The molecule has 0 spiro atoms. The van der Waals surface area contributed by atoms with Gasteiger partial charge in [0.1, 0.15) is 11.3 Å². The van der Waals surface area contributed by atoms with Crippen molar-refractivity contribution in [2.24, 2.45) is 0 Å². The number of carbonyl (C=O) groups excluding carboxylic acids is 1. The molecule has 0 radical (unpaired) electrons. The van der Waals surface area contributed by atoms with Gasteiger partial charge in [0.25, 0.3) is 0 Å². The molecule has 176 valence electrons. The lowest BCUT2D eigenvalue weighted by atomic mass is 10.1. The normalized spacial score (nSPS) is 11.5. The summed E-state index contributed by atoms with van der Waals surface area (Å²) < 4.78 is 67.4. The molecule has 0 amide bonds. The van der Waals surface area contributed by atoms with Crippen molar-refractivity contribution in [3.05, 3.63) is 41.8 Å². The summed E-state index contributed by atoms with van der Waals surface area (Å²) >= 11 is 0. The summed E-state index contributed by atoms with van der Waals surface area (Å²) in [6, 6.07) is 6.77.